The highest BCUT2D eigenvalue weighted by Gasteiger charge is 2.26. The number of morpholine rings is 1. The van der Waals surface area contributed by atoms with E-state index in [1.807, 2.05) is 24.3 Å². The van der Waals surface area contributed by atoms with E-state index in [0.717, 1.165) is 5.56 Å². The fourth-order valence-corrected chi connectivity index (χ4v) is 4.36. The molecule has 1 saturated heterocycles. The topological polar surface area (TPSA) is 58.6 Å². The molecule has 1 fully saturated rings. The third kappa shape index (κ3) is 4.46. The number of sulfonamides is 1. The zero-order valence-electron chi connectivity index (χ0n) is 14.4. The predicted molar refractivity (Wildman–Crippen MR) is 97.7 cm³/mol. The molecule has 1 atom stereocenters. The summed E-state index contributed by atoms with van der Waals surface area (Å²) in [6.07, 6.45) is 0. The van der Waals surface area contributed by atoms with Crippen molar-refractivity contribution < 1.29 is 13.2 Å². The lowest BCUT2D eigenvalue weighted by Gasteiger charge is -2.26. The summed E-state index contributed by atoms with van der Waals surface area (Å²) >= 11 is 0. The first-order chi connectivity index (χ1) is 12.1. The second-order valence-electron chi connectivity index (χ2n) is 6.18. The van der Waals surface area contributed by atoms with Crippen LogP contribution in [0.4, 0.5) is 0 Å². The van der Waals surface area contributed by atoms with E-state index in [-0.39, 0.29) is 6.04 Å². The Morgan fingerprint density at radius 3 is 2.52 bits per heavy atom. The molecule has 0 saturated carbocycles. The van der Waals surface area contributed by atoms with Gasteiger partial charge in [-0.2, -0.15) is 4.31 Å². The second-order valence-corrected chi connectivity index (χ2v) is 8.12. The minimum atomic E-state index is -3.45. The van der Waals surface area contributed by atoms with Crippen molar-refractivity contribution in [1.82, 2.24) is 9.62 Å². The van der Waals surface area contributed by atoms with Crippen LogP contribution < -0.4 is 5.32 Å². The zero-order valence-corrected chi connectivity index (χ0v) is 15.2. The molecule has 1 aliphatic rings. The number of ether oxygens (including phenoxy) is 1. The average molecular weight is 360 g/mol. The lowest BCUT2D eigenvalue weighted by Crippen LogP contribution is -2.40. The Bertz CT molecular complexity index is 787. The van der Waals surface area contributed by atoms with Gasteiger partial charge < -0.3 is 10.1 Å². The second kappa shape index (κ2) is 8.10. The summed E-state index contributed by atoms with van der Waals surface area (Å²) in [5.74, 6) is 0. The van der Waals surface area contributed by atoms with Crippen molar-refractivity contribution >= 4 is 10.0 Å². The van der Waals surface area contributed by atoms with Gasteiger partial charge in [0.25, 0.3) is 0 Å². The summed E-state index contributed by atoms with van der Waals surface area (Å²) in [4.78, 5) is 0.348. The quantitative estimate of drug-likeness (QED) is 0.860. The van der Waals surface area contributed by atoms with E-state index in [0.29, 0.717) is 37.7 Å². The van der Waals surface area contributed by atoms with Gasteiger partial charge in [0, 0.05) is 25.7 Å². The van der Waals surface area contributed by atoms with Crippen LogP contribution in [0.2, 0.25) is 0 Å². The van der Waals surface area contributed by atoms with E-state index in [4.69, 9.17) is 4.74 Å². The SMILES string of the molecule is CC(NCc1cccc(S(=O)(=O)N2CCOCC2)c1)c1ccccc1. The summed E-state index contributed by atoms with van der Waals surface area (Å²) in [6.45, 7) is 4.45. The number of nitrogens with zero attached hydrogens (tertiary/aromatic N) is 1. The summed E-state index contributed by atoms with van der Waals surface area (Å²) in [6, 6.07) is 17.6. The minimum Gasteiger partial charge on any atom is -0.379 e. The summed E-state index contributed by atoms with van der Waals surface area (Å²) in [7, 11) is -3.45. The number of benzene rings is 2. The molecule has 0 aliphatic carbocycles. The number of hydrogen-bond donors (Lipinski definition) is 1. The lowest BCUT2D eigenvalue weighted by molar-refractivity contribution is 0.0730. The molecule has 0 radical (unpaired) electrons. The number of hydrogen-bond acceptors (Lipinski definition) is 4. The molecule has 6 heteroatoms. The van der Waals surface area contributed by atoms with Crippen molar-refractivity contribution in [3.63, 3.8) is 0 Å². The first kappa shape index (κ1) is 18.1. The molecule has 134 valence electrons. The maximum Gasteiger partial charge on any atom is 0.243 e. The summed E-state index contributed by atoms with van der Waals surface area (Å²) < 4.78 is 32.2. The van der Waals surface area contributed by atoms with Gasteiger partial charge in [0.1, 0.15) is 0 Å². The van der Waals surface area contributed by atoms with Gasteiger partial charge in [-0.3, -0.25) is 0 Å². The highest BCUT2D eigenvalue weighted by molar-refractivity contribution is 7.89. The summed E-state index contributed by atoms with van der Waals surface area (Å²) in [5, 5.41) is 3.44. The normalized spacial score (nSPS) is 17.3. The number of nitrogens with one attached hydrogen (secondary N) is 1. The van der Waals surface area contributed by atoms with Gasteiger partial charge in [0.2, 0.25) is 10.0 Å². The van der Waals surface area contributed by atoms with E-state index >= 15 is 0 Å². The van der Waals surface area contributed by atoms with Crippen molar-refractivity contribution in [2.45, 2.75) is 24.4 Å². The third-order valence-corrected chi connectivity index (χ3v) is 6.31. The van der Waals surface area contributed by atoms with Gasteiger partial charge in [-0.1, -0.05) is 42.5 Å². The molecule has 0 spiro atoms. The predicted octanol–water partition coefficient (Wildman–Crippen LogP) is 2.56. The minimum absolute atomic E-state index is 0.195. The van der Waals surface area contributed by atoms with Crippen LogP contribution in [-0.2, 0) is 21.3 Å². The Kier molecular flexibility index (Phi) is 5.86. The molecule has 2 aromatic rings. The molecule has 25 heavy (non-hydrogen) atoms. The van der Waals surface area contributed by atoms with Crippen molar-refractivity contribution in [2.75, 3.05) is 26.3 Å². The highest BCUT2D eigenvalue weighted by atomic mass is 32.2. The molecule has 2 aromatic carbocycles. The molecule has 1 heterocycles. The van der Waals surface area contributed by atoms with Crippen molar-refractivity contribution in [3.8, 4) is 0 Å². The fraction of sp³-hybridized carbons (Fsp3) is 0.368. The smallest absolute Gasteiger partial charge is 0.243 e. The summed E-state index contributed by atoms with van der Waals surface area (Å²) in [5.41, 5.74) is 2.16. The number of rotatable bonds is 6. The van der Waals surface area contributed by atoms with Crippen molar-refractivity contribution in [1.29, 1.82) is 0 Å². The zero-order chi connectivity index (χ0) is 17.7. The maximum absolute atomic E-state index is 12.7. The first-order valence-electron chi connectivity index (χ1n) is 8.52. The van der Waals surface area contributed by atoms with Crippen LogP contribution in [0, 0.1) is 0 Å². The van der Waals surface area contributed by atoms with Crippen LogP contribution in [0.25, 0.3) is 0 Å². The standard InChI is InChI=1S/C19H24N2O3S/c1-16(18-7-3-2-4-8-18)20-15-17-6-5-9-19(14-17)25(22,23)21-10-12-24-13-11-21/h2-9,14,16,20H,10-13,15H2,1H3. The van der Waals surface area contributed by atoms with Crippen LogP contribution in [0.15, 0.2) is 59.5 Å². The molecule has 0 aromatic heterocycles. The van der Waals surface area contributed by atoms with Crippen molar-refractivity contribution in [3.05, 3.63) is 65.7 Å². The van der Waals surface area contributed by atoms with Crippen LogP contribution >= 0.6 is 0 Å². The molecule has 3 rings (SSSR count). The lowest BCUT2D eigenvalue weighted by atomic mass is 10.1. The fourth-order valence-electron chi connectivity index (χ4n) is 2.88. The Labute approximate surface area is 149 Å². The molecule has 1 N–H and O–H groups in total. The Morgan fingerprint density at radius 1 is 1.08 bits per heavy atom. The largest absolute Gasteiger partial charge is 0.379 e. The van der Waals surface area contributed by atoms with Crippen molar-refractivity contribution in [2.24, 2.45) is 0 Å². The van der Waals surface area contributed by atoms with Gasteiger partial charge >= 0.3 is 0 Å². The van der Waals surface area contributed by atoms with Crippen LogP contribution in [0.1, 0.15) is 24.1 Å². The van der Waals surface area contributed by atoms with Gasteiger partial charge in [0.05, 0.1) is 18.1 Å². The molecule has 1 aliphatic heterocycles. The van der Waals surface area contributed by atoms with Crippen LogP contribution in [0.5, 0.6) is 0 Å². The first-order valence-corrected chi connectivity index (χ1v) is 9.96. The molecular formula is C19H24N2O3S. The molecule has 0 amide bonds. The van der Waals surface area contributed by atoms with Gasteiger partial charge in [-0.05, 0) is 30.2 Å². The van der Waals surface area contributed by atoms with E-state index < -0.39 is 10.0 Å². The third-order valence-electron chi connectivity index (χ3n) is 4.42. The molecular weight excluding hydrogens is 336 g/mol. The molecule has 1 unspecified atom stereocenters. The van der Waals surface area contributed by atoms with Gasteiger partial charge in [-0.25, -0.2) is 8.42 Å². The molecule has 5 nitrogen and oxygen atoms in total. The van der Waals surface area contributed by atoms with E-state index in [1.54, 1.807) is 18.2 Å². The molecule has 0 bridgehead atoms. The Hall–Kier alpha value is -1.73. The van der Waals surface area contributed by atoms with Gasteiger partial charge in [0.15, 0.2) is 0 Å². The maximum atomic E-state index is 12.7. The monoisotopic (exact) mass is 360 g/mol. The van der Waals surface area contributed by atoms with E-state index in [9.17, 15) is 8.42 Å². The van der Waals surface area contributed by atoms with E-state index in [2.05, 4.69) is 24.4 Å². The van der Waals surface area contributed by atoms with Crippen LogP contribution in [0.3, 0.4) is 0 Å². The average Bonchev–Trinajstić information content (AvgIpc) is 2.67. The van der Waals surface area contributed by atoms with Gasteiger partial charge in [-0.15, -0.1) is 0 Å². The van der Waals surface area contributed by atoms with E-state index in [1.165, 1.54) is 9.87 Å². The highest BCUT2D eigenvalue weighted by Crippen LogP contribution is 2.19. The Morgan fingerprint density at radius 2 is 1.80 bits per heavy atom. The van der Waals surface area contributed by atoms with Crippen LogP contribution in [-0.4, -0.2) is 39.0 Å². The Balaban J connectivity index is 1.69.